The maximum Gasteiger partial charge on any atom is 0.268 e. The second-order valence-electron chi connectivity index (χ2n) is 4.07. The summed E-state index contributed by atoms with van der Waals surface area (Å²) in [6.45, 7) is 1.87. The molecule has 2 N–H and O–H groups in total. The lowest BCUT2D eigenvalue weighted by Gasteiger charge is -2.04. The highest BCUT2D eigenvalue weighted by Gasteiger charge is 2.13. The molecule has 2 rings (SSSR count). The number of carbonyl (C=O) groups excluding carboxylic acids is 2. The Hall–Kier alpha value is -2.37. The van der Waals surface area contributed by atoms with Crippen molar-refractivity contribution < 1.29 is 9.59 Å². The molecule has 0 spiro atoms. The van der Waals surface area contributed by atoms with E-state index in [2.05, 4.69) is 15.5 Å². The third-order valence-electron chi connectivity index (χ3n) is 2.65. The van der Waals surface area contributed by atoms with Crippen LogP contribution >= 0.6 is 0 Å². The molecule has 2 heterocycles. The lowest BCUT2D eigenvalue weighted by atomic mass is 10.2. The number of aromatic nitrogens is 3. The first-order valence-corrected chi connectivity index (χ1v) is 5.51. The molecule has 2 aromatic heterocycles. The summed E-state index contributed by atoms with van der Waals surface area (Å²) >= 11 is 0. The Balaban J connectivity index is 2.06. The largest absolute Gasteiger partial charge is 0.347 e. The van der Waals surface area contributed by atoms with Crippen LogP contribution < -0.4 is 5.32 Å². The second kappa shape index (κ2) is 4.87. The molecule has 0 aliphatic carbocycles. The van der Waals surface area contributed by atoms with Crippen molar-refractivity contribution in [2.45, 2.75) is 13.5 Å². The molecule has 0 saturated carbocycles. The minimum Gasteiger partial charge on any atom is -0.347 e. The number of carbonyl (C=O) groups is 2. The normalized spacial score (nSPS) is 10.3. The van der Waals surface area contributed by atoms with E-state index in [-0.39, 0.29) is 11.7 Å². The smallest absolute Gasteiger partial charge is 0.268 e. The number of Topliss-reactive ketones (excluding diaryl/α,β-unsaturated/α-hetero) is 1. The summed E-state index contributed by atoms with van der Waals surface area (Å²) < 4.78 is 1.64. The van der Waals surface area contributed by atoms with Crippen molar-refractivity contribution in [1.82, 2.24) is 20.1 Å². The van der Waals surface area contributed by atoms with Crippen molar-refractivity contribution in [1.29, 1.82) is 0 Å². The number of nitrogens with zero attached hydrogens (tertiary/aromatic N) is 2. The first-order chi connectivity index (χ1) is 8.58. The predicted octanol–water partition coefficient (Wildman–Crippen LogP) is 0.881. The lowest BCUT2D eigenvalue weighted by molar-refractivity contribution is 0.0942. The number of hydrogen-bond acceptors (Lipinski definition) is 3. The van der Waals surface area contributed by atoms with E-state index in [1.54, 1.807) is 36.3 Å². The molecular formula is C12H14N4O2. The lowest BCUT2D eigenvalue weighted by Crippen LogP contribution is -2.24. The van der Waals surface area contributed by atoms with Crippen molar-refractivity contribution in [3.05, 3.63) is 41.5 Å². The Labute approximate surface area is 104 Å². The number of rotatable bonds is 4. The maximum atomic E-state index is 11.9. The molecule has 6 nitrogen and oxygen atoms in total. The third kappa shape index (κ3) is 2.48. The van der Waals surface area contributed by atoms with Crippen LogP contribution in [0.25, 0.3) is 0 Å². The van der Waals surface area contributed by atoms with Gasteiger partial charge in [0, 0.05) is 37.1 Å². The maximum absolute atomic E-state index is 11.9. The van der Waals surface area contributed by atoms with Crippen LogP contribution in [0.15, 0.2) is 24.7 Å². The highest BCUT2D eigenvalue weighted by atomic mass is 16.2. The van der Waals surface area contributed by atoms with Gasteiger partial charge in [0.25, 0.3) is 5.91 Å². The van der Waals surface area contributed by atoms with Crippen molar-refractivity contribution in [2.24, 2.45) is 7.05 Å². The van der Waals surface area contributed by atoms with Gasteiger partial charge >= 0.3 is 0 Å². The Bertz CT molecular complexity index is 569. The SMILES string of the molecule is CC(=O)c1cc(C(=O)NCc2cn[nH]c2)n(C)c1. The van der Waals surface area contributed by atoms with Gasteiger partial charge in [0.15, 0.2) is 5.78 Å². The van der Waals surface area contributed by atoms with Crippen LogP contribution in [-0.2, 0) is 13.6 Å². The van der Waals surface area contributed by atoms with Crippen molar-refractivity contribution in [2.75, 3.05) is 0 Å². The van der Waals surface area contributed by atoms with E-state index >= 15 is 0 Å². The summed E-state index contributed by atoms with van der Waals surface area (Å²) in [7, 11) is 1.74. The summed E-state index contributed by atoms with van der Waals surface area (Å²) in [4.78, 5) is 23.1. The zero-order chi connectivity index (χ0) is 13.1. The van der Waals surface area contributed by atoms with Gasteiger partial charge in [0.1, 0.15) is 5.69 Å². The number of aryl methyl sites for hydroxylation is 1. The van der Waals surface area contributed by atoms with E-state index in [1.807, 2.05) is 0 Å². The first-order valence-electron chi connectivity index (χ1n) is 5.51. The van der Waals surface area contributed by atoms with Gasteiger partial charge in [-0.3, -0.25) is 14.7 Å². The average Bonchev–Trinajstić information content (AvgIpc) is 2.94. The van der Waals surface area contributed by atoms with E-state index in [0.29, 0.717) is 17.8 Å². The fourth-order valence-corrected chi connectivity index (χ4v) is 1.63. The molecule has 0 unspecified atom stereocenters. The van der Waals surface area contributed by atoms with E-state index < -0.39 is 0 Å². The number of hydrogen-bond donors (Lipinski definition) is 2. The average molecular weight is 246 g/mol. The molecule has 2 aromatic rings. The number of nitrogens with one attached hydrogen (secondary N) is 2. The van der Waals surface area contributed by atoms with Gasteiger partial charge < -0.3 is 9.88 Å². The molecule has 0 saturated heterocycles. The highest BCUT2D eigenvalue weighted by Crippen LogP contribution is 2.08. The topological polar surface area (TPSA) is 79.8 Å². The van der Waals surface area contributed by atoms with Gasteiger partial charge in [-0.1, -0.05) is 0 Å². The summed E-state index contributed by atoms with van der Waals surface area (Å²) in [5.41, 5.74) is 1.89. The molecule has 0 aliphatic rings. The number of ketones is 1. The molecule has 0 aromatic carbocycles. The van der Waals surface area contributed by atoms with Gasteiger partial charge in [-0.05, 0) is 13.0 Å². The molecule has 0 fully saturated rings. The van der Waals surface area contributed by atoms with Crippen LogP contribution in [0.4, 0.5) is 0 Å². The standard InChI is InChI=1S/C12H14N4O2/c1-8(17)10-3-11(16(2)7-10)12(18)13-4-9-5-14-15-6-9/h3,5-7H,4H2,1-2H3,(H,13,18)(H,14,15). The predicted molar refractivity (Wildman–Crippen MR) is 65.2 cm³/mol. The van der Waals surface area contributed by atoms with Crippen LogP contribution in [0.1, 0.15) is 33.3 Å². The summed E-state index contributed by atoms with van der Waals surface area (Å²) in [5.74, 6) is -0.273. The Morgan fingerprint density at radius 1 is 1.50 bits per heavy atom. The summed E-state index contributed by atoms with van der Waals surface area (Å²) in [5, 5.41) is 9.23. The minimum absolute atomic E-state index is 0.0560. The molecule has 6 heteroatoms. The van der Waals surface area contributed by atoms with Crippen molar-refractivity contribution >= 4 is 11.7 Å². The fourth-order valence-electron chi connectivity index (χ4n) is 1.63. The fraction of sp³-hybridized carbons (Fsp3) is 0.250. The van der Waals surface area contributed by atoms with Gasteiger partial charge in [0.2, 0.25) is 0 Å². The number of aromatic amines is 1. The Morgan fingerprint density at radius 2 is 2.28 bits per heavy atom. The van der Waals surface area contributed by atoms with Crippen LogP contribution in [0.2, 0.25) is 0 Å². The summed E-state index contributed by atoms with van der Waals surface area (Å²) in [6, 6.07) is 1.59. The zero-order valence-corrected chi connectivity index (χ0v) is 10.2. The first kappa shape index (κ1) is 12.1. The monoisotopic (exact) mass is 246 g/mol. The van der Waals surface area contributed by atoms with Crippen molar-refractivity contribution in [3.63, 3.8) is 0 Å². The van der Waals surface area contributed by atoms with E-state index in [9.17, 15) is 9.59 Å². The Kier molecular flexibility index (Phi) is 3.27. The number of amides is 1. The van der Waals surface area contributed by atoms with Gasteiger partial charge in [0.05, 0.1) is 6.20 Å². The van der Waals surface area contributed by atoms with Crippen LogP contribution in [0.5, 0.6) is 0 Å². The van der Waals surface area contributed by atoms with E-state index in [1.165, 1.54) is 6.92 Å². The van der Waals surface area contributed by atoms with Crippen LogP contribution in [0, 0.1) is 0 Å². The Morgan fingerprint density at radius 3 is 2.83 bits per heavy atom. The third-order valence-corrected chi connectivity index (χ3v) is 2.65. The molecule has 94 valence electrons. The molecule has 0 aliphatic heterocycles. The highest BCUT2D eigenvalue weighted by molar-refractivity contribution is 5.99. The molecule has 0 radical (unpaired) electrons. The van der Waals surface area contributed by atoms with Crippen LogP contribution in [0.3, 0.4) is 0 Å². The minimum atomic E-state index is -0.216. The molecule has 0 bridgehead atoms. The zero-order valence-electron chi connectivity index (χ0n) is 10.2. The quantitative estimate of drug-likeness (QED) is 0.786. The molecule has 0 atom stereocenters. The van der Waals surface area contributed by atoms with E-state index in [0.717, 1.165) is 5.56 Å². The van der Waals surface area contributed by atoms with Gasteiger partial charge in [-0.25, -0.2) is 0 Å². The molecule has 1 amide bonds. The van der Waals surface area contributed by atoms with Crippen LogP contribution in [-0.4, -0.2) is 26.5 Å². The second-order valence-corrected chi connectivity index (χ2v) is 4.07. The van der Waals surface area contributed by atoms with E-state index in [4.69, 9.17) is 0 Å². The van der Waals surface area contributed by atoms with Gasteiger partial charge in [-0.2, -0.15) is 5.10 Å². The van der Waals surface area contributed by atoms with Crippen molar-refractivity contribution in [3.8, 4) is 0 Å². The number of H-pyrrole nitrogens is 1. The summed E-state index contributed by atoms with van der Waals surface area (Å²) in [6.07, 6.45) is 5.01. The molecular weight excluding hydrogens is 232 g/mol. The molecule has 18 heavy (non-hydrogen) atoms. The van der Waals surface area contributed by atoms with Gasteiger partial charge in [-0.15, -0.1) is 0 Å².